The van der Waals surface area contributed by atoms with E-state index in [9.17, 15) is 19.1 Å². The average Bonchev–Trinajstić information content (AvgIpc) is 3.51. The molecule has 0 aromatic heterocycles. The van der Waals surface area contributed by atoms with Crippen LogP contribution >= 0.6 is 0 Å². The summed E-state index contributed by atoms with van der Waals surface area (Å²) in [5.74, 6) is -0.157. The predicted molar refractivity (Wildman–Crippen MR) is 127 cm³/mol. The number of aryl methyl sites for hydroxylation is 1. The Balaban J connectivity index is 0.000000405. The number of aliphatic hydroxyl groups excluding tert-OH is 1. The average molecular weight is 461 g/mol. The Kier molecular flexibility index (Phi) is 10.3. The number of ether oxygens (including phenoxy) is 1. The minimum absolute atomic E-state index is 0.0554. The molecule has 1 aromatic carbocycles. The van der Waals surface area contributed by atoms with Crippen LogP contribution in [0.5, 0.6) is 0 Å². The van der Waals surface area contributed by atoms with Gasteiger partial charge in [0.15, 0.2) is 0 Å². The molecule has 1 aromatic rings. The van der Waals surface area contributed by atoms with Crippen molar-refractivity contribution in [2.45, 2.75) is 71.1 Å². The van der Waals surface area contributed by atoms with Gasteiger partial charge in [0.1, 0.15) is 24.0 Å². The van der Waals surface area contributed by atoms with Crippen LogP contribution in [-0.2, 0) is 14.3 Å². The van der Waals surface area contributed by atoms with Crippen LogP contribution in [0.1, 0.15) is 52.0 Å². The number of nitrogens with one attached hydrogen (secondary N) is 2. The molecule has 0 saturated heterocycles. The molecule has 2 aliphatic rings. The van der Waals surface area contributed by atoms with Gasteiger partial charge in [0, 0.05) is 12.0 Å². The summed E-state index contributed by atoms with van der Waals surface area (Å²) in [7, 11) is 0. The summed E-state index contributed by atoms with van der Waals surface area (Å²) in [6.07, 6.45) is 7.85. The Morgan fingerprint density at radius 3 is 2.45 bits per heavy atom. The molecule has 6 nitrogen and oxygen atoms in total. The fraction of sp³-hybridized carbons (Fsp3) is 0.538. The zero-order valence-corrected chi connectivity index (χ0v) is 20.1. The number of carbonyl (C=O) groups is 2. The van der Waals surface area contributed by atoms with Crippen LogP contribution < -0.4 is 10.6 Å². The van der Waals surface area contributed by atoms with Crippen molar-refractivity contribution in [1.82, 2.24) is 10.6 Å². The van der Waals surface area contributed by atoms with Gasteiger partial charge in [-0.05, 0) is 70.4 Å². The first-order valence-electron chi connectivity index (χ1n) is 11.7. The van der Waals surface area contributed by atoms with Crippen molar-refractivity contribution in [2.75, 3.05) is 13.2 Å². The number of benzene rings is 1. The Bertz CT molecular complexity index is 831. The monoisotopic (exact) mass is 460 g/mol. The van der Waals surface area contributed by atoms with Crippen LogP contribution in [0.3, 0.4) is 0 Å². The molecular weight excluding hydrogens is 423 g/mol. The van der Waals surface area contributed by atoms with Crippen LogP contribution in [0.25, 0.3) is 0 Å². The van der Waals surface area contributed by atoms with Gasteiger partial charge in [-0.2, -0.15) is 0 Å². The highest BCUT2D eigenvalue weighted by molar-refractivity contribution is 5.87. The standard InChI is InChI=1S/C19H30N2O4.C7H7F/c1-4-10-20-17(5-2)19(11-16(19)13(3)22)21-18(24)12-25-15-8-6-14(23)7-9-15;1-6-2-4-7(8)5-3-6/h6-8,15-17,20,23H,4-5,9-12H2,1-3H3,(H,21,24);2-5H,1H3. The Morgan fingerprint density at radius 2 is 1.97 bits per heavy atom. The third-order valence-electron chi connectivity index (χ3n) is 6.02. The quantitative estimate of drug-likeness (QED) is 0.488. The van der Waals surface area contributed by atoms with Crippen molar-refractivity contribution in [1.29, 1.82) is 0 Å². The lowest BCUT2D eigenvalue weighted by atomic mass is 9.98. The zero-order chi connectivity index (χ0) is 24.4. The minimum Gasteiger partial charge on any atom is -0.508 e. The maximum absolute atomic E-state index is 12.4. The molecule has 7 heteroatoms. The SMILES string of the molecule is CCCNC(CC)C1(NC(=O)COC2C=CC(O)=CC2)CC1C(C)=O.Cc1ccc(F)cc1. The molecule has 182 valence electrons. The van der Waals surface area contributed by atoms with Gasteiger partial charge in [0.2, 0.25) is 5.91 Å². The maximum atomic E-state index is 12.4. The van der Waals surface area contributed by atoms with Gasteiger partial charge < -0.3 is 20.5 Å². The molecule has 0 aliphatic heterocycles. The Morgan fingerprint density at radius 1 is 1.27 bits per heavy atom. The number of carbonyl (C=O) groups excluding carboxylic acids is 2. The molecule has 4 atom stereocenters. The van der Waals surface area contributed by atoms with E-state index in [1.807, 2.05) is 6.92 Å². The summed E-state index contributed by atoms with van der Waals surface area (Å²) in [6.45, 7) is 8.49. The van der Waals surface area contributed by atoms with Crippen LogP contribution in [0.4, 0.5) is 4.39 Å². The molecule has 4 unspecified atom stereocenters. The van der Waals surface area contributed by atoms with Crippen molar-refractivity contribution in [3.8, 4) is 0 Å². The van der Waals surface area contributed by atoms with Gasteiger partial charge in [-0.15, -0.1) is 0 Å². The van der Waals surface area contributed by atoms with E-state index in [-0.39, 0.29) is 47.9 Å². The van der Waals surface area contributed by atoms with E-state index in [1.54, 1.807) is 37.3 Å². The van der Waals surface area contributed by atoms with Crippen LogP contribution in [0.2, 0.25) is 0 Å². The van der Waals surface area contributed by atoms with Crippen molar-refractivity contribution in [2.24, 2.45) is 5.92 Å². The number of rotatable bonds is 10. The van der Waals surface area contributed by atoms with Gasteiger partial charge in [-0.3, -0.25) is 9.59 Å². The smallest absolute Gasteiger partial charge is 0.246 e. The van der Waals surface area contributed by atoms with E-state index in [1.165, 1.54) is 12.1 Å². The molecule has 1 fully saturated rings. The lowest BCUT2D eigenvalue weighted by molar-refractivity contribution is -0.128. The number of hydrogen-bond donors (Lipinski definition) is 3. The van der Waals surface area contributed by atoms with Crippen LogP contribution in [0, 0.1) is 18.7 Å². The summed E-state index contributed by atoms with van der Waals surface area (Å²) in [6, 6.07) is 6.48. The number of allylic oxidation sites excluding steroid dienone is 1. The van der Waals surface area contributed by atoms with E-state index in [0.29, 0.717) is 12.8 Å². The number of amides is 1. The lowest BCUT2D eigenvalue weighted by Gasteiger charge is -2.29. The van der Waals surface area contributed by atoms with E-state index in [4.69, 9.17) is 4.74 Å². The highest BCUT2D eigenvalue weighted by atomic mass is 19.1. The normalized spacial score (nSPS) is 24.2. The number of hydrogen-bond acceptors (Lipinski definition) is 5. The molecular formula is C26H37FN2O4. The Labute approximate surface area is 196 Å². The molecule has 0 spiro atoms. The summed E-state index contributed by atoms with van der Waals surface area (Å²) in [5, 5.41) is 15.8. The van der Waals surface area contributed by atoms with Gasteiger partial charge in [-0.1, -0.05) is 37.6 Å². The first kappa shape index (κ1) is 26.7. The molecule has 2 aliphatic carbocycles. The van der Waals surface area contributed by atoms with Gasteiger partial charge >= 0.3 is 0 Å². The lowest BCUT2D eigenvalue weighted by Crippen LogP contribution is -2.55. The van der Waals surface area contributed by atoms with E-state index >= 15 is 0 Å². The minimum atomic E-state index is -0.489. The summed E-state index contributed by atoms with van der Waals surface area (Å²) >= 11 is 0. The van der Waals surface area contributed by atoms with E-state index in [2.05, 4.69) is 24.5 Å². The highest BCUT2D eigenvalue weighted by Crippen LogP contribution is 2.47. The first-order valence-corrected chi connectivity index (χ1v) is 11.7. The summed E-state index contributed by atoms with van der Waals surface area (Å²) < 4.78 is 17.7. The molecule has 0 bridgehead atoms. The molecule has 0 heterocycles. The topological polar surface area (TPSA) is 87.7 Å². The fourth-order valence-corrected chi connectivity index (χ4v) is 4.13. The van der Waals surface area contributed by atoms with E-state index in [0.717, 1.165) is 24.9 Å². The van der Waals surface area contributed by atoms with Crippen molar-refractivity contribution in [3.05, 3.63) is 59.6 Å². The second kappa shape index (κ2) is 12.7. The predicted octanol–water partition coefficient (Wildman–Crippen LogP) is 4.15. The van der Waals surface area contributed by atoms with Crippen molar-refractivity contribution in [3.63, 3.8) is 0 Å². The number of Topliss-reactive ketones (excluding diaryl/α,β-unsaturated/α-hetero) is 1. The Hall–Kier alpha value is -2.51. The molecule has 0 radical (unpaired) electrons. The number of aliphatic hydroxyl groups is 1. The second-order valence-electron chi connectivity index (χ2n) is 8.74. The van der Waals surface area contributed by atoms with Gasteiger partial charge in [0.25, 0.3) is 0 Å². The second-order valence-corrected chi connectivity index (χ2v) is 8.74. The maximum Gasteiger partial charge on any atom is 0.246 e. The van der Waals surface area contributed by atoms with Gasteiger partial charge in [0.05, 0.1) is 11.6 Å². The fourth-order valence-electron chi connectivity index (χ4n) is 4.13. The highest BCUT2D eigenvalue weighted by Gasteiger charge is 2.61. The molecule has 3 N–H and O–H groups in total. The van der Waals surface area contributed by atoms with Crippen molar-refractivity contribution >= 4 is 11.7 Å². The van der Waals surface area contributed by atoms with Crippen molar-refractivity contribution < 1.29 is 23.8 Å². The van der Waals surface area contributed by atoms with Crippen LogP contribution in [0.15, 0.2) is 48.3 Å². The first-order chi connectivity index (χ1) is 15.7. The summed E-state index contributed by atoms with van der Waals surface area (Å²) in [5.41, 5.74) is 0.600. The molecule has 33 heavy (non-hydrogen) atoms. The molecule has 1 amide bonds. The summed E-state index contributed by atoms with van der Waals surface area (Å²) in [4.78, 5) is 24.3. The van der Waals surface area contributed by atoms with Gasteiger partial charge in [-0.25, -0.2) is 4.39 Å². The van der Waals surface area contributed by atoms with Crippen LogP contribution in [-0.4, -0.2) is 47.6 Å². The molecule has 3 rings (SSSR count). The largest absolute Gasteiger partial charge is 0.508 e. The zero-order valence-electron chi connectivity index (χ0n) is 20.1. The third-order valence-corrected chi connectivity index (χ3v) is 6.02. The number of halogens is 1. The molecule has 1 saturated carbocycles. The number of ketones is 1. The van der Waals surface area contributed by atoms with E-state index < -0.39 is 5.54 Å². The third kappa shape index (κ3) is 8.09.